The van der Waals surface area contributed by atoms with Crippen molar-refractivity contribution in [2.45, 2.75) is 19.1 Å². The zero-order valence-corrected chi connectivity index (χ0v) is 16.5. The van der Waals surface area contributed by atoms with Gasteiger partial charge >= 0.3 is 6.09 Å². The van der Waals surface area contributed by atoms with Crippen LogP contribution >= 0.6 is 0 Å². The molecule has 0 bridgehead atoms. The first kappa shape index (κ1) is 19.7. The summed E-state index contributed by atoms with van der Waals surface area (Å²) in [4.78, 5) is 16.0. The second-order valence-electron chi connectivity index (χ2n) is 7.36. The molecule has 29 heavy (non-hydrogen) atoms. The molecular formula is C22H26FN3O3. The van der Waals surface area contributed by atoms with Gasteiger partial charge in [0.15, 0.2) is 0 Å². The Balaban J connectivity index is 1.45. The van der Waals surface area contributed by atoms with Gasteiger partial charge < -0.3 is 19.7 Å². The zero-order chi connectivity index (χ0) is 20.2. The lowest BCUT2D eigenvalue weighted by Gasteiger charge is -2.32. The third-order valence-electron chi connectivity index (χ3n) is 5.41. The summed E-state index contributed by atoms with van der Waals surface area (Å²) < 4.78 is 25.6. The number of amides is 1. The van der Waals surface area contributed by atoms with Gasteiger partial charge in [-0.2, -0.15) is 0 Å². The van der Waals surface area contributed by atoms with Crippen LogP contribution in [0.2, 0.25) is 0 Å². The van der Waals surface area contributed by atoms with Gasteiger partial charge in [0.05, 0.1) is 31.1 Å². The van der Waals surface area contributed by atoms with Gasteiger partial charge in [0.1, 0.15) is 11.9 Å². The van der Waals surface area contributed by atoms with E-state index < -0.39 is 6.09 Å². The first-order valence-corrected chi connectivity index (χ1v) is 10.0. The number of cyclic esters (lactones) is 1. The van der Waals surface area contributed by atoms with Gasteiger partial charge in [0.2, 0.25) is 0 Å². The van der Waals surface area contributed by atoms with E-state index >= 15 is 0 Å². The number of carbonyl (C=O) groups excluding carboxylic acids is 1. The van der Waals surface area contributed by atoms with Crippen LogP contribution < -0.4 is 15.1 Å². The quantitative estimate of drug-likeness (QED) is 0.808. The number of ether oxygens (including phenoxy) is 2. The molecule has 0 spiro atoms. The van der Waals surface area contributed by atoms with Gasteiger partial charge in [-0.05, 0) is 24.6 Å². The summed E-state index contributed by atoms with van der Waals surface area (Å²) in [5, 5.41) is 3.42. The maximum Gasteiger partial charge on any atom is 0.414 e. The van der Waals surface area contributed by atoms with Crippen LogP contribution in [-0.2, 0) is 9.47 Å². The molecule has 0 radical (unpaired) electrons. The van der Waals surface area contributed by atoms with Crippen molar-refractivity contribution in [1.29, 1.82) is 0 Å². The average molecular weight is 399 g/mol. The van der Waals surface area contributed by atoms with Crippen molar-refractivity contribution in [3.05, 3.63) is 59.9 Å². The number of para-hydroxylation sites is 1. The third kappa shape index (κ3) is 4.36. The van der Waals surface area contributed by atoms with Crippen LogP contribution in [0.4, 0.5) is 20.6 Å². The van der Waals surface area contributed by atoms with E-state index in [0.717, 1.165) is 0 Å². The number of anilines is 2. The normalized spacial score (nSPS) is 20.6. The minimum absolute atomic E-state index is 0.141. The number of carbonyl (C=O) groups is 1. The average Bonchev–Trinajstić information content (AvgIpc) is 3.13. The van der Waals surface area contributed by atoms with E-state index in [1.54, 1.807) is 12.1 Å². The van der Waals surface area contributed by atoms with Gasteiger partial charge in [-0.1, -0.05) is 36.4 Å². The van der Waals surface area contributed by atoms with E-state index in [1.807, 2.05) is 23.1 Å². The summed E-state index contributed by atoms with van der Waals surface area (Å²) in [6.07, 6.45) is -0.737. The molecule has 2 fully saturated rings. The van der Waals surface area contributed by atoms with Crippen LogP contribution in [0.3, 0.4) is 0 Å². The highest BCUT2D eigenvalue weighted by molar-refractivity contribution is 5.94. The summed E-state index contributed by atoms with van der Waals surface area (Å²) in [6, 6.07) is 15.1. The Morgan fingerprint density at radius 2 is 1.90 bits per heavy atom. The lowest BCUT2D eigenvalue weighted by molar-refractivity contribution is 0.122. The number of halogens is 1. The highest BCUT2D eigenvalue weighted by Crippen LogP contribution is 2.35. The second kappa shape index (κ2) is 8.80. The molecule has 2 atom stereocenters. The summed E-state index contributed by atoms with van der Waals surface area (Å²) in [6.45, 7) is 5.26. The monoisotopic (exact) mass is 399 g/mol. The molecule has 2 aromatic rings. The smallest absolute Gasteiger partial charge is 0.414 e. The fourth-order valence-corrected chi connectivity index (χ4v) is 3.81. The molecule has 2 heterocycles. The predicted molar refractivity (Wildman–Crippen MR) is 110 cm³/mol. The highest BCUT2D eigenvalue weighted by Gasteiger charge is 2.35. The molecule has 0 aromatic heterocycles. The molecule has 2 aliphatic rings. The molecule has 7 heteroatoms. The zero-order valence-electron chi connectivity index (χ0n) is 16.5. The van der Waals surface area contributed by atoms with Crippen molar-refractivity contribution in [3.8, 4) is 0 Å². The molecule has 154 valence electrons. The van der Waals surface area contributed by atoms with E-state index in [1.165, 1.54) is 16.5 Å². The fourth-order valence-electron chi connectivity index (χ4n) is 3.81. The molecule has 2 aliphatic heterocycles. The molecule has 0 saturated carbocycles. The number of benzene rings is 2. The van der Waals surface area contributed by atoms with Crippen molar-refractivity contribution in [1.82, 2.24) is 5.32 Å². The van der Waals surface area contributed by atoms with E-state index in [-0.39, 0.29) is 18.0 Å². The lowest BCUT2D eigenvalue weighted by atomic mass is 10.1. The predicted octanol–water partition coefficient (Wildman–Crippen LogP) is 3.34. The van der Waals surface area contributed by atoms with Crippen molar-refractivity contribution in [2.75, 3.05) is 49.2 Å². The molecule has 2 aromatic carbocycles. The maximum atomic E-state index is 14.7. The summed E-state index contributed by atoms with van der Waals surface area (Å²) in [5.74, 6) is -0.337. The third-order valence-corrected chi connectivity index (χ3v) is 5.41. The number of nitrogens with zero attached hydrogens (tertiary/aromatic N) is 2. The number of nitrogens with one attached hydrogen (secondary N) is 1. The molecule has 2 saturated heterocycles. The van der Waals surface area contributed by atoms with Crippen LogP contribution in [0.25, 0.3) is 0 Å². The van der Waals surface area contributed by atoms with Gasteiger partial charge in [0, 0.05) is 25.7 Å². The Morgan fingerprint density at radius 3 is 2.66 bits per heavy atom. The first-order valence-electron chi connectivity index (χ1n) is 10.0. The van der Waals surface area contributed by atoms with Crippen LogP contribution in [0.5, 0.6) is 0 Å². The van der Waals surface area contributed by atoms with Crippen LogP contribution in [0.1, 0.15) is 18.5 Å². The van der Waals surface area contributed by atoms with Crippen LogP contribution in [0.15, 0.2) is 48.5 Å². The molecule has 4 rings (SSSR count). The Morgan fingerprint density at radius 1 is 1.14 bits per heavy atom. The van der Waals surface area contributed by atoms with Crippen LogP contribution in [-0.4, -0.2) is 51.6 Å². The van der Waals surface area contributed by atoms with E-state index in [0.29, 0.717) is 50.8 Å². The Bertz CT molecular complexity index is 842. The number of rotatable bonds is 6. The van der Waals surface area contributed by atoms with Gasteiger partial charge in [-0.15, -0.1) is 0 Å². The fraction of sp³-hybridized carbons (Fsp3) is 0.409. The van der Waals surface area contributed by atoms with Crippen molar-refractivity contribution in [3.63, 3.8) is 0 Å². The number of hydrogen-bond donors (Lipinski definition) is 1. The maximum absolute atomic E-state index is 14.7. The van der Waals surface area contributed by atoms with E-state index in [9.17, 15) is 9.18 Å². The summed E-state index contributed by atoms with van der Waals surface area (Å²) >= 11 is 0. The molecule has 1 amide bonds. The Hall–Kier alpha value is -2.64. The highest BCUT2D eigenvalue weighted by atomic mass is 19.1. The number of hydrogen-bond acceptors (Lipinski definition) is 5. The Labute approximate surface area is 170 Å². The molecule has 0 aliphatic carbocycles. The molecule has 2 unspecified atom stereocenters. The standard InChI is InChI=1S/C22H26FN3O3/c1-16(17-6-3-2-4-7-17)24-14-18-15-26(22(27)29-18)20-9-5-8-19(23)21(20)25-10-12-28-13-11-25/h2-9,16,18,24H,10-15H2,1H3. The topological polar surface area (TPSA) is 54.0 Å². The molecular weight excluding hydrogens is 373 g/mol. The van der Waals surface area contributed by atoms with Gasteiger partial charge in [0.25, 0.3) is 0 Å². The molecule has 1 N–H and O–H groups in total. The van der Waals surface area contributed by atoms with Crippen molar-refractivity contribution < 1.29 is 18.7 Å². The summed E-state index contributed by atoms with van der Waals surface area (Å²) in [7, 11) is 0. The SMILES string of the molecule is CC(NCC1CN(c2cccc(F)c2N2CCOCC2)C(=O)O1)c1ccccc1. The van der Waals surface area contributed by atoms with Crippen molar-refractivity contribution >= 4 is 17.5 Å². The van der Waals surface area contributed by atoms with Crippen molar-refractivity contribution in [2.24, 2.45) is 0 Å². The van der Waals surface area contributed by atoms with Gasteiger partial charge in [-0.3, -0.25) is 4.90 Å². The molecule has 6 nitrogen and oxygen atoms in total. The first-order chi connectivity index (χ1) is 14.1. The number of morpholine rings is 1. The minimum atomic E-state index is -0.440. The minimum Gasteiger partial charge on any atom is -0.443 e. The second-order valence-corrected chi connectivity index (χ2v) is 7.36. The van der Waals surface area contributed by atoms with E-state index in [4.69, 9.17) is 9.47 Å². The van der Waals surface area contributed by atoms with E-state index in [2.05, 4.69) is 24.4 Å². The lowest BCUT2D eigenvalue weighted by Crippen LogP contribution is -2.38. The Kier molecular flexibility index (Phi) is 5.97. The summed E-state index contributed by atoms with van der Waals surface area (Å²) in [5.41, 5.74) is 2.17. The largest absolute Gasteiger partial charge is 0.443 e. The van der Waals surface area contributed by atoms with Gasteiger partial charge in [-0.25, -0.2) is 9.18 Å². The van der Waals surface area contributed by atoms with Crippen LogP contribution in [0, 0.1) is 5.82 Å².